The zero-order chi connectivity index (χ0) is 16.5. The van der Waals surface area contributed by atoms with Gasteiger partial charge in [-0.1, -0.05) is 49.7 Å². The molecule has 5 nitrogen and oxygen atoms in total. The number of hydrogen-bond donors (Lipinski definition) is 0. The lowest BCUT2D eigenvalue weighted by Gasteiger charge is -2.11. The zero-order valence-corrected chi connectivity index (χ0v) is 13.5. The Balaban J connectivity index is 2.02. The van der Waals surface area contributed by atoms with Crippen LogP contribution in [-0.4, -0.2) is 19.6 Å². The van der Waals surface area contributed by atoms with Crippen molar-refractivity contribution < 1.29 is 0 Å². The van der Waals surface area contributed by atoms with Gasteiger partial charge in [0.25, 0.3) is 0 Å². The van der Waals surface area contributed by atoms with Crippen LogP contribution >= 0.6 is 0 Å². The van der Waals surface area contributed by atoms with E-state index in [1.54, 1.807) is 0 Å². The van der Waals surface area contributed by atoms with Crippen molar-refractivity contribution in [1.29, 1.82) is 0 Å². The third-order valence-electron chi connectivity index (χ3n) is 4.20. The first-order valence-electron chi connectivity index (χ1n) is 8.23. The molecule has 0 radical (unpaired) electrons. The van der Waals surface area contributed by atoms with Gasteiger partial charge in [-0.05, 0) is 24.6 Å². The van der Waals surface area contributed by atoms with Crippen LogP contribution in [0.15, 0.2) is 59.4 Å². The zero-order valence-electron chi connectivity index (χ0n) is 13.5. The molecule has 0 N–H and O–H groups in total. The highest BCUT2D eigenvalue weighted by molar-refractivity contribution is 5.92. The Hall–Kier alpha value is -2.95. The van der Waals surface area contributed by atoms with Crippen LogP contribution in [0.2, 0.25) is 0 Å². The van der Waals surface area contributed by atoms with Gasteiger partial charge >= 0.3 is 5.56 Å². The Kier molecular flexibility index (Phi) is 3.61. The summed E-state index contributed by atoms with van der Waals surface area (Å²) in [7, 11) is 0. The molecule has 0 amide bonds. The quantitative estimate of drug-likeness (QED) is 0.579. The lowest BCUT2D eigenvalue weighted by Crippen LogP contribution is -2.17. The van der Waals surface area contributed by atoms with E-state index < -0.39 is 0 Å². The van der Waals surface area contributed by atoms with Crippen LogP contribution in [0.25, 0.3) is 28.0 Å². The first-order chi connectivity index (χ1) is 11.8. The lowest BCUT2D eigenvalue weighted by atomic mass is 10.1. The van der Waals surface area contributed by atoms with Gasteiger partial charge in [-0.15, -0.1) is 0 Å². The van der Waals surface area contributed by atoms with Crippen molar-refractivity contribution in [3.05, 3.63) is 65.0 Å². The van der Waals surface area contributed by atoms with Crippen molar-refractivity contribution in [2.24, 2.45) is 0 Å². The maximum Gasteiger partial charge on any atom is 0.301 e. The van der Waals surface area contributed by atoms with Crippen LogP contribution in [0.4, 0.5) is 0 Å². The maximum atomic E-state index is 12.8. The molecule has 2 aromatic rings. The van der Waals surface area contributed by atoms with Gasteiger partial charge in [0.1, 0.15) is 5.69 Å². The fourth-order valence-corrected chi connectivity index (χ4v) is 2.96. The number of benzene rings is 2. The van der Waals surface area contributed by atoms with Gasteiger partial charge in [-0.2, -0.15) is 14.9 Å². The number of para-hydroxylation sites is 2. The second kappa shape index (κ2) is 5.92. The molecule has 0 bridgehead atoms. The van der Waals surface area contributed by atoms with E-state index in [0.29, 0.717) is 11.4 Å². The van der Waals surface area contributed by atoms with Crippen LogP contribution < -0.4 is 5.56 Å². The molecule has 2 aliphatic rings. The highest BCUT2D eigenvalue weighted by Crippen LogP contribution is 2.26. The number of hydrogen-bond acceptors (Lipinski definition) is 3. The van der Waals surface area contributed by atoms with Crippen molar-refractivity contribution in [2.75, 3.05) is 0 Å². The van der Waals surface area contributed by atoms with Crippen molar-refractivity contribution in [1.82, 2.24) is 19.6 Å². The number of fused-ring (bicyclic) bond motifs is 3. The van der Waals surface area contributed by atoms with Gasteiger partial charge in [0.15, 0.2) is 5.69 Å². The van der Waals surface area contributed by atoms with E-state index in [1.165, 1.54) is 4.68 Å². The minimum atomic E-state index is -0.174. The minimum Gasteiger partial charge on any atom is -0.265 e. The van der Waals surface area contributed by atoms with Crippen LogP contribution in [-0.2, 0) is 6.54 Å². The van der Waals surface area contributed by atoms with E-state index in [1.807, 2.05) is 59.3 Å². The first kappa shape index (κ1) is 14.6. The molecule has 0 atom stereocenters. The standard InChI is InChI=1S/C19H18N4O/c1-2-3-13-22-16-12-8-7-11-15(16)17-18(20-22)19(24)23(21-17)14-9-5-4-6-10-14/h4-12H,2-3,13H2,1H3. The van der Waals surface area contributed by atoms with Crippen LogP contribution in [0.3, 0.4) is 0 Å². The third-order valence-corrected chi connectivity index (χ3v) is 4.20. The van der Waals surface area contributed by atoms with Gasteiger partial charge in [0, 0.05) is 11.9 Å². The molecule has 0 fully saturated rings. The van der Waals surface area contributed by atoms with Crippen LogP contribution in [0, 0.1) is 0 Å². The summed E-state index contributed by atoms with van der Waals surface area (Å²) in [5.41, 5.74) is 2.67. The molecule has 120 valence electrons. The Morgan fingerprint density at radius 2 is 1.67 bits per heavy atom. The van der Waals surface area contributed by atoms with Gasteiger partial charge in [0.05, 0.1) is 11.2 Å². The largest absolute Gasteiger partial charge is 0.301 e. The van der Waals surface area contributed by atoms with Crippen molar-refractivity contribution in [3.8, 4) is 17.1 Å². The predicted molar refractivity (Wildman–Crippen MR) is 94.7 cm³/mol. The summed E-state index contributed by atoms with van der Waals surface area (Å²) in [5, 5.41) is 10.1. The van der Waals surface area contributed by atoms with E-state index in [9.17, 15) is 4.79 Å². The average Bonchev–Trinajstić information content (AvgIpc) is 2.97. The second-order valence-corrected chi connectivity index (χ2v) is 5.84. The lowest BCUT2D eigenvalue weighted by molar-refractivity contribution is 0.582. The van der Waals surface area contributed by atoms with E-state index in [0.717, 1.165) is 36.0 Å². The molecule has 0 spiro atoms. The van der Waals surface area contributed by atoms with E-state index >= 15 is 0 Å². The van der Waals surface area contributed by atoms with Gasteiger partial charge in [0.2, 0.25) is 0 Å². The molecule has 5 heteroatoms. The van der Waals surface area contributed by atoms with Crippen LogP contribution in [0.1, 0.15) is 19.8 Å². The molecule has 0 aromatic heterocycles. The molecular weight excluding hydrogens is 300 g/mol. The number of nitrogens with zero attached hydrogens (tertiary/aromatic N) is 4. The number of aryl methyl sites for hydroxylation is 1. The molecule has 0 saturated heterocycles. The van der Waals surface area contributed by atoms with E-state index in [4.69, 9.17) is 0 Å². The Labute approximate surface area is 139 Å². The molecule has 0 unspecified atom stereocenters. The van der Waals surface area contributed by atoms with Crippen LogP contribution in [0.5, 0.6) is 0 Å². The molecule has 0 aliphatic carbocycles. The van der Waals surface area contributed by atoms with Crippen molar-refractivity contribution in [3.63, 3.8) is 0 Å². The molecule has 4 rings (SSSR count). The molecule has 2 aromatic carbocycles. The summed E-state index contributed by atoms with van der Waals surface area (Å²) in [5.74, 6) is 0. The fraction of sp³-hybridized carbons (Fsp3) is 0.211. The second-order valence-electron chi connectivity index (χ2n) is 5.84. The SMILES string of the molecule is CCCCn1nc2c(=O)n(-c3ccccc3)nc-2c2ccccc21. The Morgan fingerprint density at radius 1 is 0.917 bits per heavy atom. The Morgan fingerprint density at radius 3 is 2.46 bits per heavy atom. The molecule has 2 aliphatic heterocycles. The monoisotopic (exact) mass is 318 g/mol. The van der Waals surface area contributed by atoms with E-state index in [2.05, 4.69) is 17.1 Å². The van der Waals surface area contributed by atoms with Crippen molar-refractivity contribution >= 4 is 10.9 Å². The van der Waals surface area contributed by atoms with Gasteiger partial charge in [-0.25, -0.2) is 0 Å². The molecule has 2 heterocycles. The average molecular weight is 318 g/mol. The van der Waals surface area contributed by atoms with Gasteiger partial charge < -0.3 is 0 Å². The normalized spacial score (nSPS) is 11.4. The summed E-state index contributed by atoms with van der Waals surface area (Å²) in [6.45, 7) is 2.94. The summed E-state index contributed by atoms with van der Waals surface area (Å²) in [4.78, 5) is 12.8. The summed E-state index contributed by atoms with van der Waals surface area (Å²) in [6.07, 6.45) is 2.10. The first-order valence-corrected chi connectivity index (χ1v) is 8.23. The van der Waals surface area contributed by atoms with Gasteiger partial charge in [-0.3, -0.25) is 9.48 Å². The Bertz CT molecular complexity index is 1020. The summed E-state index contributed by atoms with van der Waals surface area (Å²) >= 11 is 0. The smallest absolute Gasteiger partial charge is 0.265 e. The molecule has 0 saturated carbocycles. The molecular formula is C19H18N4O. The van der Waals surface area contributed by atoms with Crippen molar-refractivity contribution in [2.45, 2.75) is 26.3 Å². The highest BCUT2D eigenvalue weighted by atomic mass is 16.1. The van der Waals surface area contributed by atoms with E-state index in [-0.39, 0.29) is 5.56 Å². The number of rotatable bonds is 4. The number of aromatic nitrogens is 4. The number of unbranched alkanes of at least 4 members (excludes halogenated alkanes) is 1. The topological polar surface area (TPSA) is 52.7 Å². The summed E-state index contributed by atoms with van der Waals surface area (Å²) in [6, 6.07) is 17.5. The third kappa shape index (κ3) is 2.29. The highest BCUT2D eigenvalue weighted by Gasteiger charge is 2.22. The summed E-state index contributed by atoms with van der Waals surface area (Å²) < 4.78 is 3.37. The molecule has 24 heavy (non-hydrogen) atoms. The predicted octanol–water partition coefficient (Wildman–Crippen LogP) is 3.49. The maximum absolute atomic E-state index is 12.8. The minimum absolute atomic E-state index is 0.174. The fourth-order valence-electron chi connectivity index (χ4n) is 2.96.